The maximum absolute atomic E-state index is 12.5. The fourth-order valence-electron chi connectivity index (χ4n) is 0.979. The summed E-state index contributed by atoms with van der Waals surface area (Å²) in [6.07, 6.45) is 2.57. The molecule has 83 valence electrons. The van der Waals surface area contributed by atoms with Crippen LogP contribution in [0, 0.1) is 12.3 Å². The Morgan fingerprint density at radius 1 is 1.31 bits per heavy atom. The second-order valence-electron chi connectivity index (χ2n) is 2.72. The standard InChI is InChI=1S/C11H7F3NO/c1-2-7-16-15-8-9-5-3-4-6-10(9)11(12,13)14/h1,3-6H,7H2. The summed E-state index contributed by atoms with van der Waals surface area (Å²) in [6.45, 7) is -0.110. The Kier molecular flexibility index (Phi) is 3.95. The fraction of sp³-hybridized carbons (Fsp3) is 0.182. The van der Waals surface area contributed by atoms with Crippen LogP contribution in [0.4, 0.5) is 13.2 Å². The second-order valence-corrected chi connectivity index (χ2v) is 2.72. The molecule has 0 bridgehead atoms. The van der Waals surface area contributed by atoms with E-state index in [4.69, 9.17) is 6.42 Å². The van der Waals surface area contributed by atoms with Gasteiger partial charge in [-0.3, -0.25) is 0 Å². The summed E-state index contributed by atoms with van der Waals surface area (Å²) in [5.41, 5.74) is -1.00. The molecule has 0 atom stereocenters. The van der Waals surface area contributed by atoms with E-state index in [1.54, 1.807) is 0 Å². The molecule has 0 amide bonds. The highest BCUT2D eigenvalue weighted by Gasteiger charge is 2.32. The van der Waals surface area contributed by atoms with Gasteiger partial charge in [-0.2, -0.15) is 13.2 Å². The SMILES string of the molecule is C#CCON=[C]c1ccccc1C(F)(F)F. The maximum atomic E-state index is 12.5. The average Bonchev–Trinajstić information content (AvgIpc) is 2.24. The van der Waals surface area contributed by atoms with Crippen molar-refractivity contribution < 1.29 is 18.0 Å². The van der Waals surface area contributed by atoms with E-state index >= 15 is 0 Å². The molecule has 1 radical (unpaired) electrons. The summed E-state index contributed by atoms with van der Waals surface area (Å²) in [5, 5.41) is 3.21. The third-order valence-corrected chi connectivity index (χ3v) is 1.61. The Hall–Kier alpha value is -1.96. The smallest absolute Gasteiger partial charge is 0.382 e. The number of benzene rings is 1. The first-order valence-corrected chi connectivity index (χ1v) is 4.23. The lowest BCUT2D eigenvalue weighted by Crippen LogP contribution is -2.08. The molecule has 0 aromatic heterocycles. The third-order valence-electron chi connectivity index (χ3n) is 1.61. The molecule has 0 spiro atoms. The molecular formula is C11H7F3NO. The van der Waals surface area contributed by atoms with Gasteiger partial charge in [-0.05, 0) is 6.07 Å². The number of nitrogens with zero attached hydrogens (tertiary/aromatic N) is 1. The number of hydrogen-bond donors (Lipinski definition) is 0. The van der Waals surface area contributed by atoms with Gasteiger partial charge in [-0.15, -0.1) is 6.42 Å². The fourth-order valence-corrected chi connectivity index (χ4v) is 0.979. The van der Waals surface area contributed by atoms with Gasteiger partial charge >= 0.3 is 6.18 Å². The van der Waals surface area contributed by atoms with Crippen LogP contribution in [0.2, 0.25) is 0 Å². The van der Waals surface area contributed by atoms with Crippen molar-refractivity contribution in [2.45, 2.75) is 6.18 Å². The Morgan fingerprint density at radius 3 is 2.62 bits per heavy atom. The third kappa shape index (κ3) is 3.31. The van der Waals surface area contributed by atoms with Crippen LogP contribution >= 0.6 is 0 Å². The summed E-state index contributed by atoms with van der Waals surface area (Å²) in [7, 11) is 0. The van der Waals surface area contributed by atoms with Gasteiger partial charge < -0.3 is 4.84 Å². The summed E-state index contributed by atoms with van der Waals surface area (Å²) >= 11 is 0. The number of halogens is 3. The predicted octanol–water partition coefficient (Wildman–Crippen LogP) is 2.57. The van der Waals surface area contributed by atoms with Gasteiger partial charge in [-0.25, -0.2) is 0 Å². The molecular weight excluding hydrogens is 219 g/mol. The molecule has 5 heteroatoms. The number of alkyl halides is 3. The molecule has 0 N–H and O–H groups in total. The molecule has 1 aromatic carbocycles. The minimum absolute atomic E-state index is 0.110. The Morgan fingerprint density at radius 2 is 2.00 bits per heavy atom. The average molecular weight is 226 g/mol. The topological polar surface area (TPSA) is 21.6 Å². The van der Waals surface area contributed by atoms with Gasteiger partial charge in [-0.1, -0.05) is 29.3 Å². The Bertz CT molecular complexity index is 418. The van der Waals surface area contributed by atoms with Crippen molar-refractivity contribution >= 4 is 6.21 Å². The zero-order chi connectivity index (χ0) is 12.0. The second kappa shape index (κ2) is 5.21. The Labute approximate surface area is 90.7 Å². The normalized spacial score (nSPS) is 11.4. The van der Waals surface area contributed by atoms with Gasteiger partial charge in [0.1, 0.15) is 6.21 Å². The minimum atomic E-state index is -4.44. The molecule has 1 aromatic rings. The monoisotopic (exact) mass is 226 g/mol. The van der Waals surface area contributed by atoms with Crippen molar-refractivity contribution in [1.82, 2.24) is 0 Å². The minimum Gasteiger partial charge on any atom is -0.382 e. The van der Waals surface area contributed by atoms with E-state index in [1.807, 2.05) is 0 Å². The van der Waals surface area contributed by atoms with E-state index in [0.717, 1.165) is 6.07 Å². The zero-order valence-electron chi connectivity index (χ0n) is 8.08. The molecule has 0 aliphatic carbocycles. The van der Waals surface area contributed by atoms with Crippen molar-refractivity contribution in [2.24, 2.45) is 5.16 Å². The summed E-state index contributed by atoms with van der Waals surface area (Å²) < 4.78 is 37.4. The first-order chi connectivity index (χ1) is 7.55. The predicted molar refractivity (Wildman–Crippen MR) is 52.8 cm³/mol. The number of hydrogen-bond acceptors (Lipinski definition) is 2. The summed E-state index contributed by atoms with van der Waals surface area (Å²) in [5.74, 6) is 2.12. The van der Waals surface area contributed by atoms with Gasteiger partial charge in [0, 0.05) is 5.56 Å². The van der Waals surface area contributed by atoms with E-state index in [-0.39, 0.29) is 12.2 Å². The highest BCUT2D eigenvalue weighted by molar-refractivity contribution is 5.81. The van der Waals surface area contributed by atoms with Gasteiger partial charge in [0.2, 0.25) is 0 Å². The molecule has 0 unspecified atom stereocenters. The lowest BCUT2D eigenvalue weighted by Gasteiger charge is -2.08. The molecule has 0 saturated carbocycles. The van der Waals surface area contributed by atoms with Crippen LogP contribution in [0.25, 0.3) is 0 Å². The molecule has 2 nitrogen and oxygen atoms in total. The summed E-state index contributed by atoms with van der Waals surface area (Å²) in [4.78, 5) is 4.46. The van der Waals surface area contributed by atoms with Crippen molar-refractivity contribution in [1.29, 1.82) is 0 Å². The first kappa shape index (κ1) is 12.1. The van der Waals surface area contributed by atoms with Crippen LogP contribution in [0.15, 0.2) is 29.4 Å². The van der Waals surface area contributed by atoms with Crippen LogP contribution in [0.5, 0.6) is 0 Å². The highest BCUT2D eigenvalue weighted by Crippen LogP contribution is 2.30. The quantitative estimate of drug-likeness (QED) is 0.336. The van der Waals surface area contributed by atoms with E-state index in [0.29, 0.717) is 0 Å². The van der Waals surface area contributed by atoms with Gasteiger partial charge in [0.15, 0.2) is 6.61 Å². The number of rotatable bonds is 3. The lowest BCUT2D eigenvalue weighted by molar-refractivity contribution is -0.137. The van der Waals surface area contributed by atoms with Crippen LogP contribution in [-0.4, -0.2) is 12.8 Å². The van der Waals surface area contributed by atoms with E-state index in [9.17, 15) is 13.2 Å². The first-order valence-electron chi connectivity index (χ1n) is 4.23. The van der Waals surface area contributed by atoms with Crippen molar-refractivity contribution in [3.05, 3.63) is 35.4 Å². The number of terminal acetylenes is 1. The molecule has 0 saturated heterocycles. The molecule has 1 rings (SSSR count). The maximum Gasteiger partial charge on any atom is 0.417 e. The van der Waals surface area contributed by atoms with Crippen molar-refractivity contribution in [3.8, 4) is 12.3 Å². The van der Waals surface area contributed by atoms with Crippen molar-refractivity contribution in [2.75, 3.05) is 6.61 Å². The van der Waals surface area contributed by atoms with Crippen LogP contribution in [-0.2, 0) is 11.0 Å². The van der Waals surface area contributed by atoms with Crippen LogP contribution in [0.1, 0.15) is 11.1 Å². The molecule has 0 aliphatic heterocycles. The highest BCUT2D eigenvalue weighted by atomic mass is 19.4. The largest absolute Gasteiger partial charge is 0.417 e. The molecule has 16 heavy (non-hydrogen) atoms. The van der Waals surface area contributed by atoms with Gasteiger partial charge in [0.25, 0.3) is 0 Å². The molecule has 0 heterocycles. The van der Waals surface area contributed by atoms with Crippen molar-refractivity contribution in [3.63, 3.8) is 0 Å². The molecule has 0 aliphatic rings. The van der Waals surface area contributed by atoms with Crippen LogP contribution in [0.3, 0.4) is 0 Å². The van der Waals surface area contributed by atoms with E-state index in [2.05, 4.69) is 22.1 Å². The van der Waals surface area contributed by atoms with E-state index in [1.165, 1.54) is 18.2 Å². The molecule has 0 fully saturated rings. The Balaban J connectivity index is 2.88. The lowest BCUT2D eigenvalue weighted by atomic mass is 10.1. The zero-order valence-corrected chi connectivity index (χ0v) is 8.08. The van der Waals surface area contributed by atoms with Gasteiger partial charge in [0.05, 0.1) is 5.56 Å². The van der Waals surface area contributed by atoms with Crippen LogP contribution < -0.4 is 0 Å². The summed E-state index contributed by atoms with van der Waals surface area (Å²) in [6, 6.07) is 4.93. The van der Waals surface area contributed by atoms with E-state index < -0.39 is 11.7 Å².